The summed E-state index contributed by atoms with van der Waals surface area (Å²) in [7, 11) is 0. The Morgan fingerprint density at radius 2 is 1.87 bits per heavy atom. The van der Waals surface area contributed by atoms with E-state index in [4.69, 9.17) is 16.6 Å². The van der Waals surface area contributed by atoms with Gasteiger partial charge in [-0.25, -0.2) is 9.37 Å². The number of carbonyl (C=O) groups is 1. The first kappa shape index (κ1) is 24.0. The Kier molecular flexibility index (Phi) is 8.72. The van der Waals surface area contributed by atoms with Crippen LogP contribution in [0.2, 0.25) is 5.02 Å². The molecule has 166 valence electrons. The zero-order valence-corrected chi connectivity index (χ0v) is 20.4. The summed E-state index contributed by atoms with van der Waals surface area (Å²) in [6, 6.07) is 10.2. The maximum Gasteiger partial charge on any atom is 0.229 e. The Bertz CT molecular complexity index is 1020. The third kappa shape index (κ3) is 6.42. The van der Waals surface area contributed by atoms with E-state index in [2.05, 4.69) is 18.7 Å². The molecule has 0 unspecified atom stereocenters. The van der Waals surface area contributed by atoms with E-state index < -0.39 is 0 Å². The number of carbonyl (C=O) groups excluding carboxylic acids is 1. The summed E-state index contributed by atoms with van der Waals surface area (Å²) >= 11 is 9.27. The van der Waals surface area contributed by atoms with E-state index in [0.29, 0.717) is 28.9 Å². The van der Waals surface area contributed by atoms with Gasteiger partial charge in [0.2, 0.25) is 5.91 Å². The summed E-state index contributed by atoms with van der Waals surface area (Å²) in [6.07, 6.45) is 0.385. The van der Waals surface area contributed by atoms with Crippen LogP contribution in [0.4, 0.5) is 9.52 Å². The number of amides is 1. The number of anilines is 1. The molecule has 0 atom stereocenters. The summed E-state index contributed by atoms with van der Waals surface area (Å²) in [5.41, 5.74) is 1.90. The molecular formula is C23H27ClFN3OS2. The molecule has 0 saturated carbocycles. The first-order chi connectivity index (χ1) is 14.9. The fourth-order valence-electron chi connectivity index (χ4n) is 3.29. The molecule has 1 aromatic heterocycles. The highest BCUT2D eigenvalue weighted by atomic mass is 35.5. The molecule has 4 nitrogen and oxygen atoms in total. The highest BCUT2D eigenvalue weighted by Crippen LogP contribution is 2.33. The van der Waals surface area contributed by atoms with Crippen LogP contribution in [0.1, 0.15) is 25.8 Å². The van der Waals surface area contributed by atoms with Crippen LogP contribution in [0.15, 0.2) is 41.3 Å². The van der Waals surface area contributed by atoms with Crippen LogP contribution in [0.3, 0.4) is 0 Å². The minimum atomic E-state index is -0.255. The van der Waals surface area contributed by atoms with E-state index in [9.17, 15) is 9.18 Å². The first-order valence-electron chi connectivity index (χ1n) is 10.4. The van der Waals surface area contributed by atoms with Crippen LogP contribution in [0, 0.1) is 12.7 Å². The number of hydrogen-bond donors (Lipinski definition) is 0. The van der Waals surface area contributed by atoms with Crippen molar-refractivity contribution in [1.82, 2.24) is 9.88 Å². The Balaban J connectivity index is 1.76. The Morgan fingerprint density at radius 1 is 1.16 bits per heavy atom. The number of benzene rings is 2. The third-order valence-electron chi connectivity index (χ3n) is 5.10. The number of fused-ring (bicyclic) bond motifs is 1. The van der Waals surface area contributed by atoms with Gasteiger partial charge in [0.25, 0.3) is 0 Å². The van der Waals surface area contributed by atoms with Crippen molar-refractivity contribution in [2.75, 3.05) is 36.8 Å². The van der Waals surface area contributed by atoms with E-state index in [1.165, 1.54) is 23.5 Å². The van der Waals surface area contributed by atoms with Gasteiger partial charge in [0.05, 0.1) is 10.2 Å². The maximum atomic E-state index is 13.2. The number of rotatable bonds is 10. The van der Waals surface area contributed by atoms with Crippen LogP contribution < -0.4 is 4.90 Å². The number of thioether (sulfide) groups is 1. The summed E-state index contributed by atoms with van der Waals surface area (Å²) in [5, 5.41) is 1.39. The van der Waals surface area contributed by atoms with Crippen molar-refractivity contribution in [2.45, 2.75) is 32.1 Å². The van der Waals surface area contributed by atoms with E-state index >= 15 is 0 Å². The average Bonchev–Trinajstić information content (AvgIpc) is 3.16. The second kappa shape index (κ2) is 11.3. The fraction of sp³-hybridized carbons (Fsp3) is 0.391. The summed E-state index contributed by atoms with van der Waals surface area (Å²) < 4.78 is 14.1. The van der Waals surface area contributed by atoms with Crippen molar-refractivity contribution in [3.8, 4) is 0 Å². The minimum Gasteiger partial charge on any atom is -0.302 e. The summed E-state index contributed by atoms with van der Waals surface area (Å²) in [6.45, 7) is 9.49. The molecule has 3 rings (SSSR count). The molecule has 2 aromatic carbocycles. The minimum absolute atomic E-state index is 0.0459. The second-order valence-electron chi connectivity index (χ2n) is 7.19. The molecule has 1 amide bonds. The second-order valence-corrected chi connectivity index (χ2v) is 9.80. The molecule has 0 spiro atoms. The van der Waals surface area contributed by atoms with Crippen LogP contribution in [-0.2, 0) is 4.79 Å². The summed E-state index contributed by atoms with van der Waals surface area (Å²) in [4.78, 5) is 23.0. The molecule has 0 aliphatic carbocycles. The van der Waals surface area contributed by atoms with Crippen LogP contribution in [-0.4, -0.2) is 47.7 Å². The molecule has 1 heterocycles. The highest BCUT2D eigenvalue weighted by Gasteiger charge is 2.21. The van der Waals surface area contributed by atoms with Gasteiger partial charge in [0.1, 0.15) is 5.82 Å². The lowest BCUT2D eigenvalue weighted by atomic mass is 10.2. The molecule has 0 aliphatic heterocycles. The number of aryl methyl sites for hydroxylation is 1. The Hall–Kier alpha value is -1.67. The smallest absolute Gasteiger partial charge is 0.229 e. The van der Waals surface area contributed by atoms with Gasteiger partial charge in [-0.15, -0.1) is 11.8 Å². The van der Waals surface area contributed by atoms with Crippen LogP contribution >= 0.6 is 34.7 Å². The number of nitrogens with zero attached hydrogens (tertiary/aromatic N) is 3. The standard InChI is InChI=1S/C23H27ClFN3OS2/c1-4-27(5-2)11-12-28(21(29)10-13-30-19-8-6-18(25)7-9-19)23-26-22-16(3)14-17(24)15-20(22)31-23/h6-9,14-15H,4-5,10-13H2,1-3H3. The largest absolute Gasteiger partial charge is 0.302 e. The predicted octanol–water partition coefficient (Wildman–Crippen LogP) is 6.25. The van der Waals surface area contributed by atoms with Gasteiger partial charge in [-0.05, 0) is 62.0 Å². The molecule has 0 bridgehead atoms. The lowest BCUT2D eigenvalue weighted by molar-refractivity contribution is -0.118. The number of hydrogen-bond acceptors (Lipinski definition) is 5. The first-order valence-corrected chi connectivity index (χ1v) is 12.6. The van der Waals surface area contributed by atoms with Gasteiger partial charge >= 0.3 is 0 Å². The van der Waals surface area contributed by atoms with Gasteiger partial charge < -0.3 is 4.90 Å². The van der Waals surface area contributed by atoms with Crippen molar-refractivity contribution in [2.24, 2.45) is 0 Å². The number of thiazole rings is 1. The maximum absolute atomic E-state index is 13.2. The monoisotopic (exact) mass is 479 g/mol. The zero-order chi connectivity index (χ0) is 22.4. The number of halogens is 2. The average molecular weight is 480 g/mol. The van der Waals surface area contributed by atoms with Gasteiger partial charge in [-0.2, -0.15) is 0 Å². The lowest BCUT2D eigenvalue weighted by Crippen LogP contribution is -2.39. The van der Waals surface area contributed by atoms with Gasteiger partial charge in [-0.1, -0.05) is 36.8 Å². The van der Waals surface area contributed by atoms with E-state index in [1.807, 2.05) is 24.0 Å². The molecule has 0 radical (unpaired) electrons. The van der Waals surface area contributed by atoms with Crippen molar-refractivity contribution < 1.29 is 9.18 Å². The van der Waals surface area contributed by atoms with Gasteiger partial charge in [-0.3, -0.25) is 9.69 Å². The topological polar surface area (TPSA) is 36.4 Å². The predicted molar refractivity (Wildman–Crippen MR) is 131 cm³/mol. The van der Waals surface area contributed by atoms with Crippen molar-refractivity contribution in [3.05, 3.63) is 52.8 Å². The molecule has 0 N–H and O–H groups in total. The SMILES string of the molecule is CCN(CC)CCN(C(=O)CCSc1ccc(F)cc1)c1nc2c(C)cc(Cl)cc2s1. The fourth-order valence-corrected chi connectivity index (χ4v) is 5.59. The molecule has 0 saturated heterocycles. The van der Waals surface area contributed by atoms with Crippen molar-refractivity contribution in [1.29, 1.82) is 0 Å². The quantitative estimate of drug-likeness (QED) is 0.322. The molecule has 0 fully saturated rings. The van der Waals surface area contributed by atoms with Crippen LogP contribution in [0.25, 0.3) is 10.2 Å². The Labute approximate surface area is 196 Å². The molecule has 0 aliphatic rings. The zero-order valence-electron chi connectivity index (χ0n) is 18.0. The Morgan fingerprint density at radius 3 is 2.55 bits per heavy atom. The van der Waals surface area contributed by atoms with Gasteiger partial charge in [0, 0.05) is 35.2 Å². The third-order valence-corrected chi connectivity index (χ3v) is 7.36. The molecule has 8 heteroatoms. The number of aromatic nitrogens is 1. The summed E-state index contributed by atoms with van der Waals surface area (Å²) in [5.74, 6) is 0.418. The van der Waals surface area contributed by atoms with E-state index in [-0.39, 0.29) is 11.7 Å². The van der Waals surface area contributed by atoms with Crippen LogP contribution in [0.5, 0.6) is 0 Å². The molecule has 31 heavy (non-hydrogen) atoms. The van der Waals surface area contributed by atoms with Gasteiger partial charge in [0.15, 0.2) is 5.13 Å². The van der Waals surface area contributed by atoms with E-state index in [0.717, 1.165) is 40.3 Å². The molecule has 3 aromatic rings. The van der Waals surface area contributed by atoms with Crippen molar-refractivity contribution in [3.63, 3.8) is 0 Å². The van der Waals surface area contributed by atoms with E-state index in [1.54, 1.807) is 23.9 Å². The lowest BCUT2D eigenvalue weighted by Gasteiger charge is -2.24. The number of likely N-dealkylation sites (N-methyl/N-ethyl adjacent to an activating group) is 1. The molecular weight excluding hydrogens is 453 g/mol. The highest BCUT2D eigenvalue weighted by molar-refractivity contribution is 7.99. The normalized spacial score (nSPS) is 11.4. The van der Waals surface area contributed by atoms with Crippen molar-refractivity contribution >= 4 is 56.0 Å².